The van der Waals surface area contributed by atoms with Crippen LogP contribution in [0.3, 0.4) is 0 Å². The van der Waals surface area contributed by atoms with Gasteiger partial charge in [-0.2, -0.15) is 0 Å². The lowest BCUT2D eigenvalue weighted by molar-refractivity contribution is -0.113. The van der Waals surface area contributed by atoms with Crippen molar-refractivity contribution >= 4 is 40.7 Å². The molecule has 0 saturated heterocycles. The fourth-order valence-corrected chi connectivity index (χ4v) is 4.38. The van der Waals surface area contributed by atoms with Crippen molar-refractivity contribution in [1.29, 1.82) is 0 Å². The van der Waals surface area contributed by atoms with Gasteiger partial charge in [-0.1, -0.05) is 35.5 Å². The van der Waals surface area contributed by atoms with Gasteiger partial charge in [0.2, 0.25) is 0 Å². The van der Waals surface area contributed by atoms with Crippen LogP contribution in [0.15, 0.2) is 70.4 Å². The first-order chi connectivity index (χ1) is 16.8. The molecular formula is C25H24N4O5S. The van der Waals surface area contributed by atoms with E-state index in [0.29, 0.717) is 44.7 Å². The van der Waals surface area contributed by atoms with Gasteiger partial charge < -0.3 is 24.6 Å². The average molecular weight is 493 g/mol. The molecule has 3 aromatic rings. The van der Waals surface area contributed by atoms with Crippen LogP contribution >= 0.6 is 12.2 Å². The van der Waals surface area contributed by atoms with Crippen LogP contribution in [-0.4, -0.2) is 36.4 Å². The number of aromatic nitrogens is 1. The zero-order valence-electron chi connectivity index (χ0n) is 19.6. The van der Waals surface area contributed by atoms with E-state index in [2.05, 4.69) is 15.8 Å². The topological polar surface area (TPSA) is 106 Å². The summed E-state index contributed by atoms with van der Waals surface area (Å²) in [7, 11) is 2.87. The Balaban J connectivity index is 1.89. The van der Waals surface area contributed by atoms with Crippen LogP contribution in [0.1, 0.15) is 34.6 Å². The molecule has 4 rings (SSSR count). The Hall–Kier alpha value is -4.18. The molecule has 1 aliphatic rings. The van der Waals surface area contributed by atoms with Crippen molar-refractivity contribution in [3.05, 3.63) is 82.8 Å². The van der Waals surface area contributed by atoms with E-state index < -0.39 is 17.9 Å². The van der Waals surface area contributed by atoms with Crippen molar-refractivity contribution in [2.24, 2.45) is 0 Å². The molecule has 1 aliphatic heterocycles. The van der Waals surface area contributed by atoms with Gasteiger partial charge in [-0.25, -0.2) is 4.79 Å². The monoisotopic (exact) mass is 492 g/mol. The Bertz CT molecular complexity index is 1330. The summed E-state index contributed by atoms with van der Waals surface area (Å²) in [5.74, 6) is 0.443. The highest BCUT2D eigenvalue weighted by atomic mass is 32.1. The number of methoxy groups -OCH3 is 2. The molecule has 2 N–H and O–H groups in total. The van der Waals surface area contributed by atoms with Crippen LogP contribution in [0, 0.1) is 6.92 Å². The van der Waals surface area contributed by atoms with Gasteiger partial charge in [0.1, 0.15) is 11.5 Å². The third-order valence-electron chi connectivity index (χ3n) is 5.60. The number of hydrogen-bond donors (Lipinski definition) is 2. The predicted molar refractivity (Wildman–Crippen MR) is 134 cm³/mol. The number of para-hydroxylation sites is 2. The zero-order valence-corrected chi connectivity index (χ0v) is 20.4. The Kier molecular flexibility index (Phi) is 6.83. The lowest BCUT2D eigenvalue weighted by Crippen LogP contribution is -2.49. The van der Waals surface area contributed by atoms with Crippen LogP contribution in [0.2, 0.25) is 0 Å². The summed E-state index contributed by atoms with van der Waals surface area (Å²) in [6.45, 7) is 3.52. The van der Waals surface area contributed by atoms with E-state index in [-0.39, 0.29) is 5.82 Å². The quantitative estimate of drug-likeness (QED) is 0.388. The van der Waals surface area contributed by atoms with Gasteiger partial charge in [-0.3, -0.25) is 9.69 Å². The van der Waals surface area contributed by atoms with Crippen molar-refractivity contribution in [3.8, 4) is 5.75 Å². The van der Waals surface area contributed by atoms with Gasteiger partial charge >= 0.3 is 5.97 Å². The molecule has 1 amide bonds. The first-order valence-electron chi connectivity index (χ1n) is 10.7. The molecule has 1 aromatic heterocycles. The second-order valence-electron chi connectivity index (χ2n) is 7.74. The van der Waals surface area contributed by atoms with Crippen molar-refractivity contribution in [2.45, 2.75) is 19.9 Å². The summed E-state index contributed by atoms with van der Waals surface area (Å²) in [4.78, 5) is 27.9. The number of carbonyl (C=O) groups is 2. The Morgan fingerprint density at radius 1 is 1.11 bits per heavy atom. The fourth-order valence-electron chi connectivity index (χ4n) is 4.03. The molecule has 180 valence electrons. The van der Waals surface area contributed by atoms with Crippen LogP contribution in [0.4, 0.5) is 11.5 Å². The minimum Gasteiger partial charge on any atom is -0.495 e. The summed E-state index contributed by atoms with van der Waals surface area (Å²) < 4.78 is 15.6. The number of amides is 1. The SMILES string of the molecule is COC(=O)c1ccccc1C1NC(=S)N(c2ccccc2OC)C(C)=C1C(=O)Nc1cc(C)on1. The molecule has 1 atom stereocenters. The van der Waals surface area contributed by atoms with E-state index in [0.717, 1.165) is 0 Å². The number of benzene rings is 2. The first kappa shape index (κ1) is 24.0. The molecular weight excluding hydrogens is 468 g/mol. The molecule has 0 saturated carbocycles. The number of nitrogens with one attached hydrogen (secondary N) is 2. The number of anilines is 2. The molecule has 0 radical (unpaired) electrons. The molecule has 10 heteroatoms. The Morgan fingerprint density at radius 3 is 2.51 bits per heavy atom. The smallest absolute Gasteiger partial charge is 0.338 e. The van der Waals surface area contributed by atoms with E-state index in [1.165, 1.54) is 7.11 Å². The maximum absolute atomic E-state index is 13.7. The van der Waals surface area contributed by atoms with E-state index in [1.54, 1.807) is 56.2 Å². The highest BCUT2D eigenvalue weighted by Gasteiger charge is 2.37. The zero-order chi connectivity index (χ0) is 25.1. The van der Waals surface area contributed by atoms with Gasteiger partial charge in [-0.05, 0) is 49.8 Å². The molecule has 0 spiro atoms. The predicted octanol–water partition coefficient (Wildman–Crippen LogP) is 4.13. The normalized spacial score (nSPS) is 15.5. The van der Waals surface area contributed by atoms with Crippen molar-refractivity contribution < 1.29 is 23.6 Å². The minimum absolute atomic E-state index is 0.268. The number of esters is 1. The number of rotatable bonds is 6. The summed E-state index contributed by atoms with van der Waals surface area (Å²) in [5.41, 5.74) is 2.41. The second kappa shape index (κ2) is 9.98. The van der Waals surface area contributed by atoms with E-state index in [1.807, 2.05) is 24.3 Å². The van der Waals surface area contributed by atoms with E-state index in [9.17, 15) is 9.59 Å². The number of allylic oxidation sites excluding steroid dienone is 1. The molecule has 0 fully saturated rings. The van der Waals surface area contributed by atoms with E-state index in [4.69, 9.17) is 26.2 Å². The second-order valence-corrected chi connectivity index (χ2v) is 8.13. The molecule has 2 heterocycles. The van der Waals surface area contributed by atoms with Crippen LogP contribution in [-0.2, 0) is 9.53 Å². The minimum atomic E-state index is -0.739. The maximum Gasteiger partial charge on any atom is 0.338 e. The number of ether oxygens (including phenoxy) is 2. The highest BCUT2D eigenvalue weighted by Crippen LogP contribution is 2.38. The van der Waals surface area contributed by atoms with Gasteiger partial charge in [0.05, 0.1) is 37.1 Å². The Morgan fingerprint density at radius 2 is 1.83 bits per heavy atom. The van der Waals surface area contributed by atoms with Crippen molar-refractivity contribution in [2.75, 3.05) is 24.4 Å². The molecule has 0 bridgehead atoms. The lowest BCUT2D eigenvalue weighted by atomic mass is 9.90. The lowest BCUT2D eigenvalue weighted by Gasteiger charge is -2.38. The van der Waals surface area contributed by atoms with E-state index >= 15 is 0 Å². The first-order valence-corrected chi connectivity index (χ1v) is 11.1. The molecule has 9 nitrogen and oxygen atoms in total. The maximum atomic E-state index is 13.7. The van der Waals surface area contributed by atoms with Crippen molar-refractivity contribution in [1.82, 2.24) is 10.5 Å². The summed E-state index contributed by atoms with van der Waals surface area (Å²) in [5, 5.41) is 10.2. The number of carbonyl (C=O) groups excluding carboxylic acids is 2. The third kappa shape index (κ3) is 4.60. The highest BCUT2D eigenvalue weighted by molar-refractivity contribution is 7.80. The standard InChI is InChI=1S/C25H24N4O5S/c1-14-13-20(28-34-14)26-23(30)21-15(2)29(18-11-7-8-12-19(18)32-3)25(35)27-22(21)16-9-5-6-10-17(16)24(31)33-4/h5-13,22H,1-4H3,(H,27,35)(H,26,28,30). The summed E-state index contributed by atoms with van der Waals surface area (Å²) in [6, 6.07) is 15.1. The molecule has 1 unspecified atom stereocenters. The summed E-state index contributed by atoms with van der Waals surface area (Å²) >= 11 is 5.73. The number of aryl methyl sites for hydroxylation is 1. The van der Waals surface area contributed by atoms with Crippen LogP contribution < -0.4 is 20.3 Å². The number of hydrogen-bond acceptors (Lipinski definition) is 7. The van der Waals surface area contributed by atoms with Crippen LogP contribution in [0.5, 0.6) is 5.75 Å². The largest absolute Gasteiger partial charge is 0.495 e. The Labute approximate surface area is 207 Å². The summed E-state index contributed by atoms with van der Waals surface area (Å²) in [6.07, 6.45) is 0. The molecule has 0 aliphatic carbocycles. The number of thiocarbonyl (C=S) groups is 1. The van der Waals surface area contributed by atoms with Crippen molar-refractivity contribution in [3.63, 3.8) is 0 Å². The third-order valence-corrected chi connectivity index (χ3v) is 5.90. The molecule has 2 aromatic carbocycles. The molecule has 35 heavy (non-hydrogen) atoms. The van der Waals surface area contributed by atoms with Gasteiger partial charge in [0.25, 0.3) is 5.91 Å². The van der Waals surface area contributed by atoms with Crippen LogP contribution in [0.25, 0.3) is 0 Å². The van der Waals surface area contributed by atoms with Gasteiger partial charge in [-0.15, -0.1) is 0 Å². The van der Waals surface area contributed by atoms with Gasteiger partial charge in [0, 0.05) is 11.8 Å². The van der Waals surface area contributed by atoms with Gasteiger partial charge in [0.15, 0.2) is 10.9 Å². The fraction of sp³-hybridized carbons (Fsp3) is 0.200. The number of nitrogens with zero attached hydrogens (tertiary/aromatic N) is 2. The average Bonchev–Trinajstić information content (AvgIpc) is 3.27.